The van der Waals surface area contributed by atoms with Crippen LogP contribution in [-0.4, -0.2) is 4.98 Å². The van der Waals surface area contributed by atoms with Gasteiger partial charge in [-0.2, -0.15) is 0 Å². The van der Waals surface area contributed by atoms with Gasteiger partial charge in [0.15, 0.2) is 0 Å². The van der Waals surface area contributed by atoms with Gasteiger partial charge in [-0.05, 0) is 30.7 Å². The number of nitrogens with two attached hydrogens (primary N) is 1. The van der Waals surface area contributed by atoms with Crippen LogP contribution in [0, 0.1) is 0 Å². The van der Waals surface area contributed by atoms with Gasteiger partial charge in [-0.15, -0.1) is 11.3 Å². The molecule has 1 atom stereocenters. The third-order valence-electron chi connectivity index (χ3n) is 3.43. The number of fused-ring (bicyclic) bond motifs is 1. The highest BCUT2D eigenvalue weighted by atomic mass is 32.1. The summed E-state index contributed by atoms with van der Waals surface area (Å²) in [4.78, 5) is 6.04. The van der Waals surface area contributed by atoms with E-state index in [1.165, 1.54) is 22.6 Å². The minimum Gasteiger partial charge on any atom is -0.325 e. The van der Waals surface area contributed by atoms with E-state index in [0.29, 0.717) is 12.5 Å². The summed E-state index contributed by atoms with van der Waals surface area (Å²) in [6.07, 6.45) is 3.45. The van der Waals surface area contributed by atoms with Gasteiger partial charge in [-0.3, -0.25) is 0 Å². The van der Waals surface area contributed by atoms with E-state index in [9.17, 15) is 0 Å². The summed E-state index contributed by atoms with van der Waals surface area (Å²) in [7, 11) is 0. The summed E-state index contributed by atoms with van der Waals surface area (Å²) >= 11 is 1.80. The number of hydrogen-bond donors (Lipinski definition) is 1. The molecule has 0 saturated heterocycles. The zero-order chi connectivity index (χ0) is 11.7. The lowest BCUT2D eigenvalue weighted by molar-refractivity contribution is 0.584. The van der Waals surface area contributed by atoms with E-state index in [2.05, 4.69) is 35.3 Å². The molecular formula is C14H16N2S. The van der Waals surface area contributed by atoms with E-state index < -0.39 is 0 Å². The lowest BCUT2D eigenvalue weighted by Gasteiger charge is -2.21. The monoisotopic (exact) mass is 244 g/mol. The van der Waals surface area contributed by atoms with E-state index in [4.69, 9.17) is 5.73 Å². The maximum atomic E-state index is 5.66. The van der Waals surface area contributed by atoms with Crippen molar-refractivity contribution < 1.29 is 0 Å². The summed E-state index contributed by atoms with van der Waals surface area (Å²) in [5.41, 5.74) is 8.41. The SMILES string of the molecule is NCc1nc2c(s1)CC(c1ccccc1)CC2. The predicted molar refractivity (Wildman–Crippen MR) is 71.2 cm³/mol. The fourth-order valence-corrected chi connectivity index (χ4v) is 3.60. The molecule has 3 rings (SSSR count). The molecule has 1 aromatic heterocycles. The van der Waals surface area contributed by atoms with Gasteiger partial charge in [0.05, 0.1) is 5.69 Å². The Morgan fingerprint density at radius 2 is 2.12 bits per heavy atom. The molecule has 0 fully saturated rings. The Morgan fingerprint density at radius 3 is 2.88 bits per heavy atom. The molecule has 2 aromatic rings. The highest BCUT2D eigenvalue weighted by Gasteiger charge is 2.23. The zero-order valence-electron chi connectivity index (χ0n) is 9.73. The largest absolute Gasteiger partial charge is 0.325 e. The van der Waals surface area contributed by atoms with Crippen LogP contribution >= 0.6 is 11.3 Å². The van der Waals surface area contributed by atoms with E-state index >= 15 is 0 Å². The van der Waals surface area contributed by atoms with Crippen LogP contribution < -0.4 is 5.73 Å². The molecule has 3 heteroatoms. The van der Waals surface area contributed by atoms with Gasteiger partial charge < -0.3 is 5.73 Å². The quantitative estimate of drug-likeness (QED) is 0.882. The Hall–Kier alpha value is -1.19. The van der Waals surface area contributed by atoms with Crippen LogP contribution in [-0.2, 0) is 19.4 Å². The Balaban J connectivity index is 1.85. The van der Waals surface area contributed by atoms with Crippen LogP contribution in [0.3, 0.4) is 0 Å². The molecular weight excluding hydrogens is 228 g/mol. The van der Waals surface area contributed by atoms with Gasteiger partial charge in [0.1, 0.15) is 5.01 Å². The van der Waals surface area contributed by atoms with Crippen molar-refractivity contribution in [2.45, 2.75) is 31.7 Å². The molecule has 2 nitrogen and oxygen atoms in total. The van der Waals surface area contributed by atoms with Gasteiger partial charge >= 0.3 is 0 Å². The minimum absolute atomic E-state index is 0.577. The maximum absolute atomic E-state index is 5.66. The number of aromatic nitrogens is 1. The van der Waals surface area contributed by atoms with Crippen molar-refractivity contribution in [2.75, 3.05) is 0 Å². The molecule has 0 amide bonds. The molecule has 0 bridgehead atoms. The summed E-state index contributed by atoms with van der Waals surface area (Å²) in [6.45, 7) is 0.577. The predicted octanol–water partition coefficient (Wildman–Crippen LogP) is 2.87. The first kappa shape index (κ1) is 10.9. The third kappa shape index (κ3) is 2.13. The number of rotatable bonds is 2. The summed E-state index contributed by atoms with van der Waals surface area (Å²) < 4.78 is 0. The first-order valence-electron chi connectivity index (χ1n) is 6.09. The third-order valence-corrected chi connectivity index (χ3v) is 4.57. The fourth-order valence-electron chi connectivity index (χ4n) is 2.53. The molecule has 1 aliphatic rings. The number of aryl methyl sites for hydroxylation is 1. The van der Waals surface area contributed by atoms with Gasteiger partial charge in [0.25, 0.3) is 0 Å². The van der Waals surface area contributed by atoms with Gasteiger partial charge in [-0.1, -0.05) is 30.3 Å². The molecule has 1 aliphatic carbocycles. The van der Waals surface area contributed by atoms with E-state index in [-0.39, 0.29) is 0 Å². The molecule has 1 heterocycles. The molecule has 0 spiro atoms. The topological polar surface area (TPSA) is 38.9 Å². The molecule has 1 unspecified atom stereocenters. The maximum Gasteiger partial charge on any atom is 0.107 e. The van der Waals surface area contributed by atoms with Gasteiger partial charge in [0, 0.05) is 11.4 Å². The van der Waals surface area contributed by atoms with Crippen molar-refractivity contribution in [3.8, 4) is 0 Å². The fraction of sp³-hybridized carbons (Fsp3) is 0.357. The van der Waals surface area contributed by atoms with Crippen LogP contribution in [0.15, 0.2) is 30.3 Å². The second-order valence-corrected chi connectivity index (χ2v) is 5.70. The average Bonchev–Trinajstić information content (AvgIpc) is 2.81. The van der Waals surface area contributed by atoms with Gasteiger partial charge in [0.2, 0.25) is 0 Å². The van der Waals surface area contributed by atoms with E-state index in [1.54, 1.807) is 11.3 Å². The summed E-state index contributed by atoms with van der Waals surface area (Å²) in [5, 5.41) is 1.09. The van der Waals surface area contributed by atoms with Crippen LogP contribution in [0.4, 0.5) is 0 Å². The Kier molecular flexibility index (Phi) is 2.95. The number of thiazole rings is 1. The van der Waals surface area contributed by atoms with Crippen LogP contribution in [0.1, 0.15) is 33.5 Å². The Labute approximate surface area is 106 Å². The lowest BCUT2D eigenvalue weighted by atomic mass is 9.85. The highest BCUT2D eigenvalue weighted by Crippen LogP contribution is 2.35. The molecule has 2 N–H and O–H groups in total. The summed E-state index contributed by atoms with van der Waals surface area (Å²) in [5.74, 6) is 0.662. The van der Waals surface area contributed by atoms with Crippen LogP contribution in [0.2, 0.25) is 0 Å². The van der Waals surface area contributed by atoms with E-state index in [1.807, 2.05) is 0 Å². The molecule has 0 saturated carbocycles. The molecule has 88 valence electrons. The molecule has 0 radical (unpaired) electrons. The second-order valence-electron chi connectivity index (χ2n) is 4.53. The summed E-state index contributed by atoms with van der Waals surface area (Å²) in [6, 6.07) is 10.8. The van der Waals surface area contributed by atoms with Gasteiger partial charge in [-0.25, -0.2) is 4.98 Å². The number of nitrogens with zero attached hydrogens (tertiary/aromatic N) is 1. The zero-order valence-corrected chi connectivity index (χ0v) is 10.5. The number of hydrogen-bond acceptors (Lipinski definition) is 3. The first-order valence-corrected chi connectivity index (χ1v) is 6.91. The van der Waals surface area contributed by atoms with Crippen LogP contribution in [0.5, 0.6) is 0 Å². The van der Waals surface area contributed by atoms with E-state index in [0.717, 1.165) is 17.8 Å². The van der Waals surface area contributed by atoms with Crippen molar-refractivity contribution >= 4 is 11.3 Å². The Bertz CT molecular complexity index is 504. The van der Waals surface area contributed by atoms with Crippen molar-refractivity contribution in [1.29, 1.82) is 0 Å². The Morgan fingerprint density at radius 1 is 1.29 bits per heavy atom. The highest BCUT2D eigenvalue weighted by molar-refractivity contribution is 7.11. The normalized spacial score (nSPS) is 19.0. The van der Waals surface area contributed by atoms with Crippen molar-refractivity contribution in [1.82, 2.24) is 4.98 Å². The van der Waals surface area contributed by atoms with Crippen LogP contribution in [0.25, 0.3) is 0 Å². The van der Waals surface area contributed by atoms with Crippen molar-refractivity contribution in [3.05, 3.63) is 51.5 Å². The molecule has 1 aromatic carbocycles. The smallest absolute Gasteiger partial charge is 0.107 e. The molecule has 0 aliphatic heterocycles. The van der Waals surface area contributed by atoms with Crippen molar-refractivity contribution in [2.24, 2.45) is 5.73 Å². The van der Waals surface area contributed by atoms with Crippen molar-refractivity contribution in [3.63, 3.8) is 0 Å². The minimum atomic E-state index is 0.577. The lowest BCUT2D eigenvalue weighted by Crippen LogP contribution is -2.11. The average molecular weight is 244 g/mol. The first-order chi connectivity index (χ1) is 8.36. The standard InChI is InChI=1S/C14H16N2S/c15-9-14-16-12-7-6-11(8-13(12)17-14)10-4-2-1-3-5-10/h1-5,11H,6-9,15H2. The second kappa shape index (κ2) is 4.59. The molecule has 17 heavy (non-hydrogen) atoms. The number of benzene rings is 1.